The van der Waals surface area contributed by atoms with Gasteiger partial charge in [0.25, 0.3) is 0 Å². The number of ether oxygens (including phenoxy) is 1. The Kier molecular flexibility index (Phi) is 9.66. The zero-order valence-corrected chi connectivity index (χ0v) is 24.1. The van der Waals surface area contributed by atoms with E-state index in [1.807, 2.05) is 17.0 Å². The highest BCUT2D eigenvalue weighted by Crippen LogP contribution is 2.34. The second-order valence-corrected chi connectivity index (χ2v) is 11.4. The number of likely N-dealkylation sites (tertiary alicyclic amines) is 1. The molecule has 1 fully saturated rings. The van der Waals surface area contributed by atoms with Crippen LogP contribution < -0.4 is 4.74 Å². The Labute approximate surface area is 240 Å². The molecular weight excluding hydrogens is 530 g/mol. The number of aldehydes is 1. The van der Waals surface area contributed by atoms with E-state index in [2.05, 4.69) is 40.3 Å². The second-order valence-electron chi connectivity index (χ2n) is 11.0. The number of nitrogens with one attached hydrogen (secondary N) is 1. The number of benzene rings is 1. The average molecular weight is 568 g/mol. The Hall–Kier alpha value is -3.20. The van der Waals surface area contributed by atoms with Crippen LogP contribution in [0.2, 0.25) is 5.15 Å². The lowest BCUT2D eigenvalue weighted by molar-refractivity contribution is -0.144. The van der Waals surface area contributed by atoms with Crippen LogP contribution in [-0.2, 0) is 9.59 Å². The Morgan fingerprint density at radius 3 is 2.42 bits per heavy atom. The standard InChI is InChI=1S/C30H34ClN3O4.CH4O/c1-30(2,18-36)29(37)34-13-11-23(12-14-34)38-27-16-26-25(32-27)15-24(28(31)33-26)22-9-7-21(8-10-22)20-5-3-19(17-35)4-6-20;1-2/h5,7-10,15-17,19,23,32,36H,3-4,6,11-14,18H2,1-2H3;2H,1H3. The van der Waals surface area contributed by atoms with E-state index in [9.17, 15) is 14.7 Å². The Balaban J connectivity index is 0.00000181. The number of carbonyl (C=O) groups excluding carboxylic acids is 2. The molecule has 3 N–H and O–H groups in total. The number of hydrogen-bond donors (Lipinski definition) is 3. The summed E-state index contributed by atoms with van der Waals surface area (Å²) >= 11 is 6.59. The predicted octanol–water partition coefficient (Wildman–Crippen LogP) is 5.26. The minimum Gasteiger partial charge on any atom is -0.475 e. The van der Waals surface area contributed by atoms with E-state index in [4.69, 9.17) is 21.4 Å². The van der Waals surface area contributed by atoms with E-state index in [1.165, 1.54) is 11.1 Å². The topological polar surface area (TPSA) is 116 Å². The molecule has 0 saturated carbocycles. The fourth-order valence-electron chi connectivity index (χ4n) is 5.23. The molecule has 1 atom stereocenters. The highest BCUT2D eigenvalue weighted by atomic mass is 35.5. The maximum Gasteiger partial charge on any atom is 0.230 e. The number of carbonyl (C=O) groups is 2. The first-order valence-corrected chi connectivity index (χ1v) is 14.1. The van der Waals surface area contributed by atoms with Crippen LogP contribution in [0.25, 0.3) is 27.7 Å². The van der Waals surface area contributed by atoms with E-state index in [-0.39, 0.29) is 24.5 Å². The number of halogens is 1. The van der Waals surface area contributed by atoms with Gasteiger partial charge in [0.1, 0.15) is 17.5 Å². The molecule has 8 nitrogen and oxygen atoms in total. The number of aromatic amines is 1. The molecule has 40 heavy (non-hydrogen) atoms. The molecular formula is C31H38ClN3O5. The number of H-pyrrole nitrogens is 1. The van der Waals surface area contributed by atoms with Gasteiger partial charge in [-0.2, -0.15) is 0 Å². The molecule has 0 spiro atoms. The number of allylic oxidation sites excluding steroid dienone is 2. The van der Waals surface area contributed by atoms with Crippen LogP contribution in [-0.4, -0.2) is 70.2 Å². The van der Waals surface area contributed by atoms with Crippen molar-refractivity contribution in [1.82, 2.24) is 14.9 Å². The van der Waals surface area contributed by atoms with Crippen LogP contribution in [0.5, 0.6) is 5.88 Å². The molecule has 5 rings (SSSR count). The quantitative estimate of drug-likeness (QED) is 0.265. The number of aliphatic hydroxyl groups excluding tert-OH is 2. The zero-order chi connectivity index (χ0) is 28.9. The molecule has 2 aliphatic rings. The van der Waals surface area contributed by atoms with Crippen molar-refractivity contribution >= 4 is 40.4 Å². The summed E-state index contributed by atoms with van der Waals surface area (Å²) in [6.45, 7) is 4.57. The monoisotopic (exact) mass is 567 g/mol. The summed E-state index contributed by atoms with van der Waals surface area (Å²) in [6.07, 6.45) is 7.30. The SMILES string of the molecule is CC(C)(CO)C(=O)N1CCC(Oc2cc3nc(Cl)c(-c4ccc(C5=CCC(C=O)CC5)cc4)cc3[nH]2)CC1.CO. The summed E-state index contributed by atoms with van der Waals surface area (Å²) in [5, 5.41) is 16.9. The predicted molar refractivity (Wildman–Crippen MR) is 157 cm³/mol. The average Bonchev–Trinajstić information content (AvgIpc) is 3.38. The number of hydrogen-bond acceptors (Lipinski definition) is 6. The summed E-state index contributed by atoms with van der Waals surface area (Å²) < 4.78 is 6.21. The maximum atomic E-state index is 12.6. The van der Waals surface area contributed by atoms with Crippen LogP contribution >= 0.6 is 11.6 Å². The first kappa shape index (κ1) is 29.8. The summed E-state index contributed by atoms with van der Waals surface area (Å²) in [7, 11) is 1.00. The highest BCUT2D eigenvalue weighted by molar-refractivity contribution is 6.32. The van der Waals surface area contributed by atoms with Crippen LogP contribution in [0.1, 0.15) is 51.5 Å². The lowest BCUT2D eigenvalue weighted by atomic mass is 9.87. The molecule has 1 aliphatic carbocycles. The Bertz CT molecular complexity index is 1360. The van der Waals surface area contributed by atoms with Gasteiger partial charge in [-0.05, 0) is 55.9 Å². The second kappa shape index (κ2) is 13.0. The van der Waals surface area contributed by atoms with Gasteiger partial charge in [-0.3, -0.25) is 4.79 Å². The summed E-state index contributed by atoms with van der Waals surface area (Å²) in [6, 6.07) is 12.2. The molecule has 9 heteroatoms. The summed E-state index contributed by atoms with van der Waals surface area (Å²) in [4.78, 5) is 33.4. The summed E-state index contributed by atoms with van der Waals surface area (Å²) in [5.41, 5.74) is 5.10. The van der Waals surface area contributed by atoms with Crippen molar-refractivity contribution in [2.24, 2.45) is 11.3 Å². The fraction of sp³-hybridized carbons (Fsp3) is 0.452. The molecule has 214 valence electrons. The third kappa shape index (κ3) is 6.57. The number of rotatable bonds is 7. The lowest BCUT2D eigenvalue weighted by Gasteiger charge is -2.36. The molecule has 1 saturated heterocycles. The molecule has 2 aromatic heterocycles. The fourth-order valence-corrected chi connectivity index (χ4v) is 5.48. The molecule has 0 radical (unpaired) electrons. The first-order chi connectivity index (χ1) is 19.3. The van der Waals surface area contributed by atoms with Gasteiger partial charge in [0, 0.05) is 50.6 Å². The lowest BCUT2D eigenvalue weighted by Crippen LogP contribution is -2.48. The molecule has 3 heterocycles. The van der Waals surface area contributed by atoms with Gasteiger partial charge in [0.05, 0.1) is 23.1 Å². The van der Waals surface area contributed by atoms with Crippen molar-refractivity contribution in [2.75, 3.05) is 26.8 Å². The smallest absolute Gasteiger partial charge is 0.230 e. The van der Waals surface area contributed by atoms with Gasteiger partial charge < -0.3 is 29.6 Å². The van der Waals surface area contributed by atoms with Crippen LogP contribution in [0.4, 0.5) is 0 Å². The Morgan fingerprint density at radius 2 is 1.82 bits per heavy atom. The van der Waals surface area contributed by atoms with Gasteiger partial charge >= 0.3 is 0 Å². The van der Waals surface area contributed by atoms with Crippen molar-refractivity contribution < 1.29 is 24.5 Å². The van der Waals surface area contributed by atoms with Crippen molar-refractivity contribution in [3.63, 3.8) is 0 Å². The van der Waals surface area contributed by atoms with Crippen LogP contribution in [0, 0.1) is 11.3 Å². The third-order valence-corrected chi connectivity index (χ3v) is 8.03. The van der Waals surface area contributed by atoms with Crippen molar-refractivity contribution in [2.45, 2.75) is 52.1 Å². The van der Waals surface area contributed by atoms with Crippen LogP contribution in [0.3, 0.4) is 0 Å². The largest absolute Gasteiger partial charge is 0.475 e. The molecule has 1 amide bonds. The number of aromatic nitrogens is 2. The van der Waals surface area contributed by atoms with Crippen LogP contribution in [0.15, 0.2) is 42.5 Å². The Morgan fingerprint density at radius 1 is 1.15 bits per heavy atom. The maximum absolute atomic E-state index is 12.6. The molecule has 3 aromatic rings. The van der Waals surface area contributed by atoms with Crippen molar-refractivity contribution in [3.05, 3.63) is 53.2 Å². The number of piperidine rings is 1. The normalized spacial score (nSPS) is 18.1. The number of nitrogens with zero attached hydrogens (tertiary/aromatic N) is 2. The third-order valence-electron chi connectivity index (χ3n) is 7.74. The van der Waals surface area contributed by atoms with E-state index >= 15 is 0 Å². The van der Waals surface area contributed by atoms with Crippen molar-refractivity contribution in [3.8, 4) is 17.0 Å². The molecule has 1 unspecified atom stereocenters. The minimum atomic E-state index is -0.762. The van der Waals surface area contributed by atoms with E-state index in [0.29, 0.717) is 24.1 Å². The van der Waals surface area contributed by atoms with E-state index in [1.54, 1.807) is 13.8 Å². The van der Waals surface area contributed by atoms with Gasteiger partial charge in [-0.1, -0.05) is 41.9 Å². The summed E-state index contributed by atoms with van der Waals surface area (Å²) in [5.74, 6) is 0.755. The minimum absolute atomic E-state index is 0.0114. The van der Waals surface area contributed by atoms with Gasteiger partial charge in [-0.25, -0.2) is 4.98 Å². The van der Waals surface area contributed by atoms with Crippen molar-refractivity contribution in [1.29, 1.82) is 0 Å². The van der Waals surface area contributed by atoms with E-state index < -0.39 is 5.41 Å². The number of pyridine rings is 1. The van der Waals surface area contributed by atoms with E-state index in [0.717, 1.165) is 67.7 Å². The highest BCUT2D eigenvalue weighted by Gasteiger charge is 2.34. The number of fused-ring (bicyclic) bond motifs is 1. The van der Waals surface area contributed by atoms with Gasteiger partial charge in [-0.15, -0.1) is 0 Å². The first-order valence-electron chi connectivity index (χ1n) is 13.7. The number of aliphatic hydroxyl groups is 2. The molecule has 1 aliphatic heterocycles. The van der Waals surface area contributed by atoms with Gasteiger partial charge in [0.15, 0.2) is 5.88 Å². The molecule has 0 bridgehead atoms. The zero-order valence-electron chi connectivity index (χ0n) is 23.3. The van der Waals surface area contributed by atoms with Gasteiger partial charge in [0.2, 0.25) is 5.91 Å². The number of amides is 1. The molecule has 1 aromatic carbocycles.